The van der Waals surface area contributed by atoms with E-state index in [9.17, 15) is 0 Å². The van der Waals surface area contributed by atoms with Gasteiger partial charge in [-0.25, -0.2) is 9.98 Å². The van der Waals surface area contributed by atoms with E-state index < -0.39 is 0 Å². The summed E-state index contributed by atoms with van der Waals surface area (Å²) < 4.78 is 0. The van der Waals surface area contributed by atoms with E-state index >= 15 is 0 Å². The summed E-state index contributed by atoms with van der Waals surface area (Å²) in [5.74, 6) is 4.56. The Labute approximate surface area is 295 Å². The molecule has 3 rings (SSSR count). The van der Waals surface area contributed by atoms with Crippen LogP contribution in [0.4, 0.5) is 11.4 Å². The van der Waals surface area contributed by atoms with Gasteiger partial charge in [-0.1, -0.05) is 133 Å². The predicted octanol–water partition coefficient (Wildman–Crippen LogP) is 12.3. The number of anilines is 1. The summed E-state index contributed by atoms with van der Waals surface area (Å²) in [6.45, 7) is 25.4. The van der Waals surface area contributed by atoms with Crippen molar-refractivity contribution in [2.45, 2.75) is 171 Å². The Morgan fingerprint density at radius 1 is 0.771 bits per heavy atom. The maximum absolute atomic E-state index is 5.33. The van der Waals surface area contributed by atoms with Crippen LogP contribution >= 0.6 is 0 Å². The molecule has 48 heavy (non-hydrogen) atoms. The van der Waals surface area contributed by atoms with E-state index in [1.54, 1.807) is 4.79 Å². The van der Waals surface area contributed by atoms with Crippen LogP contribution in [0, 0.1) is 30.6 Å². The molecular formula is C42H72N6. The monoisotopic (exact) mass is 661 g/mol. The maximum atomic E-state index is 5.33. The second-order valence-corrected chi connectivity index (χ2v) is 15.0. The molecule has 0 N–H and O–H groups in total. The third-order valence-corrected chi connectivity index (χ3v) is 11.2. The fraction of sp³-hybridized carbons (Fsp3) is 0.762. The van der Waals surface area contributed by atoms with Crippen LogP contribution in [0.2, 0.25) is 0 Å². The molecule has 0 amide bonds. The minimum Gasteiger partial charge on any atom is -0.371 e. The highest BCUT2D eigenvalue weighted by Gasteiger charge is 2.32. The lowest BCUT2D eigenvalue weighted by Crippen LogP contribution is -2.35. The van der Waals surface area contributed by atoms with Crippen molar-refractivity contribution in [2.24, 2.45) is 33.8 Å². The van der Waals surface area contributed by atoms with Gasteiger partial charge < -0.3 is 4.90 Å². The van der Waals surface area contributed by atoms with Crippen LogP contribution < -0.4 is 4.90 Å². The summed E-state index contributed by atoms with van der Waals surface area (Å²) in [4.78, 5) is 14.9. The van der Waals surface area contributed by atoms with Crippen molar-refractivity contribution in [3.8, 4) is 0 Å². The zero-order chi connectivity index (χ0) is 35.1. The summed E-state index contributed by atoms with van der Waals surface area (Å²) in [6.07, 6.45) is 18.6. The van der Waals surface area contributed by atoms with Crippen LogP contribution in [0.3, 0.4) is 0 Å². The first-order valence-electron chi connectivity index (χ1n) is 20.2. The quantitative estimate of drug-likeness (QED) is 0.105. The molecule has 270 valence electrons. The Kier molecular flexibility index (Phi) is 17.4. The van der Waals surface area contributed by atoms with Gasteiger partial charge >= 0.3 is 0 Å². The van der Waals surface area contributed by atoms with Crippen LogP contribution in [-0.2, 0) is 0 Å². The molecule has 6 heteroatoms. The standard InChI is InChI=1S/C42H72N6/c1-11-18-21-23-34(15-5)30-47(29-33(10)35(16-6)24-20-13-3)37-26-27-38(32(9)28-37)43-40-39(31(8)14-4)45-48-42(40)44-41(46-48)36(17-7)25-22-19-12-2/h26-28,31,33-36H,11-25,29-30H2,1-10H3/t31?,33-,34?,35?,36?/m1/s1. The second kappa shape index (κ2) is 20.9. The van der Waals surface area contributed by atoms with Crippen molar-refractivity contribution >= 4 is 22.8 Å². The van der Waals surface area contributed by atoms with Gasteiger partial charge in [0.2, 0.25) is 5.82 Å². The van der Waals surface area contributed by atoms with Gasteiger partial charge in [-0.2, -0.15) is 5.10 Å². The Bertz CT molecular complexity index is 1270. The number of aromatic nitrogens is 3. The van der Waals surface area contributed by atoms with Crippen LogP contribution in [0.5, 0.6) is 0 Å². The third-order valence-electron chi connectivity index (χ3n) is 11.2. The minimum absolute atomic E-state index is 0.289. The molecule has 0 spiro atoms. The van der Waals surface area contributed by atoms with Crippen molar-refractivity contribution in [3.05, 3.63) is 35.4 Å². The van der Waals surface area contributed by atoms with E-state index in [4.69, 9.17) is 20.2 Å². The van der Waals surface area contributed by atoms with E-state index in [1.807, 2.05) is 0 Å². The molecule has 4 unspecified atom stereocenters. The molecule has 0 radical (unpaired) electrons. The van der Waals surface area contributed by atoms with Gasteiger partial charge in [-0.3, -0.25) is 0 Å². The molecule has 2 aromatic rings. The van der Waals surface area contributed by atoms with Crippen LogP contribution in [-0.4, -0.2) is 39.4 Å². The largest absolute Gasteiger partial charge is 0.371 e. The molecule has 1 aromatic heterocycles. The normalized spacial score (nSPS) is 16.9. The zero-order valence-corrected chi connectivity index (χ0v) is 32.8. The van der Waals surface area contributed by atoms with Gasteiger partial charge in [0.25, 0.3) is 0 Å². The highest BCUT2D eigenvalue weighted by Crippen LogP contribution is 2.32. The highest BCUT2D eigenvalue weighted by molar-refractivity contribution is 6.49. The lowest BCUT2D eigenvalue weighted by molar-refractivity contribution is 0.312. The predicted molar refractivity (Wildman–Crippen MR) is 209 cm³/mol. The average molecular weight is 661 g/mol. The smallest absolute Gasteiger partial charge is 0.204 e. The van der Waals surface area contributed by atoms with E-state index in [2.05, 4.69) is 92.3 Å². The van der Waals surface area contributed by atoms with Crippen molar-refractivity contribution in [1.82, 2.24) is 14.9 Å². The first-order valence-corrected chi connectivity index (χ1v) is 20.2. The number of fused-ring (bicyclic) bond motifs is 1. The number of rotatable bonds is 24. The lowest BCUT2D eigenvalue weighted by Gasteiger charge is -2.34. The molecule has 1 aliphatic heterocycles. The van der Waals surface area contributed by atoms with Crippen molar-refractivity contribution < 1.29 is 0 Å². The molecule has 0 saturated heterocycles. The van der Waals surface area contributed by atoms with E-state index in [1.165, 1.54) is 88.3 Å². The fourth-order valence-corrected chi connectivity index (χ4v) is 7.40. The zero-order valence-electron chi connectivity index (χ0n) is 32.8. The molecule has 1 aromatic carbocycles. The fourth-order valence-electron chi connectivity index (χ4n) is 7.40. The van der Waals surface area contributed by atoms with E-state index in [0.29, 0.717) is 11.8 Å². The number of unbranched alkanes of at least 4 members (excludes halogenated alkanes) is 5. The Morgan fingerprint density at radius 3 is 2.08 bits per heavy atom. The Balaban J connectivity index is 1.96. The van der Waals surface area contributed by atoms with Crippen molar-refractivity contribution in [1.29, 1.82) is 0 Å². The van der Waals surface area contributed by atoms with Crippen LogP contribution in [0.1, 0.15) is 182 Å². The lowest BCUT2D eigenvalue weighted by atomic mass is 9.86. The maximum Gasteiger partial charge on any atom is 0.204 e. The third kappa shape index (κ3) is 11.0. The van der Waals surface area contributed by atoms with Crippen molar-refractivity contribution in [2.75, 3.05) is 18.0 Å². The topological polar surface area (TPSA) is 58.7 Å². The van der Waals surface area contributed by atoms with Gasteiger partial charge in [0.15, 0.2) is 5.82 Å². The Morgan fingerprint density at radius 2 is 1.48 bits per heavy atom. The van der Waals surface area contributed by atoms with E-state index in [0.717, 1.165) is 72.9 Å². The van der Waals surface area contributed by atoms with Gasteiger partial charge in [-0.15, -0.1) is 9.89 Å². The van der Waals surface area contributed by atoms with Gasteiger partial charge in [0.1, 0.15) is 5.71 Å². The summed E-state index contributed by atoms with van der Waals surface area (Å²) in [6, 6.07) is 6.97. The molecule has 6 nitrogen and oxygen atoms in total. The SMILES string of the molecule is CCCCCC(CC)CN(C[C@@H](C)C(CC)CCCC)c1ccc(N=C2C(C(C)CC)=Nn3nc(C(CC)CCCCC)nc32)c(C)c1. The van der Waals surface area contributed by atoms with Crippen LogP contribution in [0.25, 0.3) is 0 Å². The molecule has 5 atom stereocenters. The summed E-state index contributed by atoms with van der Waals surface area (Å²) in [5.41, 5.74) is 5.47. The number of aliphatic imine (C=N–C) groups is 1. The van der Waals surface area contributed by atoms with Gasteiger partial charge in [-0.05, 0) is 74.1 Å². The molecule has 0 aliphatic carbocycles. The number of hydrogen-bond acceptors (Lipinski definition) is 5. The number of benzene rings is 1. The van der Waals surface area contributed by atoms with Crippen molar-refractivity contribution in [3.63, 3.8) is 0 Å². The molecule has 1 aliphatic rings. The molecule has 2 heterocycles. The first kappa shape index (κ1) is 39.9. The first-order chi connectivity index (χ1) is 23.2. The summed E-state index contributed by atoms with van der Waals surface area (Å²) >= 11 is 0. The molecule has 0 fully saturated rings. The highest BCUT2D eigenvalue weighted by atomic mass is 15.6. The van der Waals surface area contributed by atoms with E-state index in [-0.39, 0.29) is 5.92 Å². The second-order valence-electron chi connectivity index (χ2n) is 15.0. The molecule has 0 saturated carbocycles. The molecule has 0 bridgehead atoms. The number of aryl methyl sites for hydroxylation is 1. The average Bonchev–Trinajstić information content (AvgIpc) is 3.65. The van der Waals surface area contributed by atoms with Gasteiger partial charge in [0, 0.05) is 30.6 Å². The minimum atomic E-state index is 0.289. The number of nitrogens with zero attached hydrogens (tertiary/aromatic N) is 6. The Hall–Kier alpha value is -2.50. The van der Waals surface area contributed by atoms with Gasteiger partial charge in [0.05, 0.1) is 11.4 Å². The summed E-state index contributed by atoms with van der Waals surface area (Å²) in [5, 5.41) is 9.90. The number of hydrogen-bond donors (Lipinski definition) is 0. The molecular weight excluding hydrogens is 589 g/mol. The summed E-state index contributed by atoms with van der Waals surface area (Å²) in [7, 11) is 0. The van der Waals surface area contributed by atoms with Crippen LogP contribution in [0.15, 0.2) is 28.3 Å².